The molecule has 7 heteroatoms. The lowest BCUT2D eigenvalue weighted by molar-refractivity contribution is -0.133. The van der Waals surface area contributed by atoms with Crippen LogP contribution in [0.1, 0.15) is 0 Å². The van der Waals surface area contributed by atoms with Crippen molar-refractivity contribution in [3.8, 4) is 5.75 Å². The van der Waals surface area contributed by atoms with Gasteiger partial charge in [0.05, 0.1) is 11.5 Å². The quantitative estimate of drug-likeness (QED) is 0.810. The molecule has 19 heavy (non-hydrogen) atoms. The summed E-state index contributed by atoms with van der Waals surface area (Å²) in [6, 6.07) is 5.35. The normalized spacial score (nSPS) is 18.1. The molecule has 0 bridgehead atoms. The molecule has 0 aromatic heterocycles. The van der Waals surface area contributed by atoms with Crippen molar-refractivity contribution < 1.29 is 22.3 Å². The Morgan fingerprint density at radius 3 is 2.37 bits per heavy atom. The van der Waals surface area contributed by atoms with Gasteiger partial charge in [0.15, 0.2) is 16.4 Å². The Balaban J connectivity index is 1.83. The van der Waals surface area contributed by atoms with E-state index < -0.39 is 9.84 Å². The molecule has 0 N–H and O–H groups in total. The summed E-state index contributed by atoms with van der Waals surface area (Å²) in [5.41, 5.74) is 0. The Bertz CT molecular complexity index is 542. The number of rotatable bonds is 3. The third-order valence-electron chi connectivity index (χ3n) is 2.87. The Hall–Kier alpha value is -1.63. The molecular weight excluding hydrogens is 273 g/mol. The van der Waals surface area contributed by atoms with Gasteiger partial charge in [0.25, 0.3) is 5.91 Å². The van der Waals surface area contributed by atoms with E-state index in [1.54, 1.807) is 0 Å². The molecule has 1 aromatic rings. The van der Waals surface area contributed by atoms with Crippen LogP contribution >= 0.6 is 0 Å². The molecule has 0 radical (unpaired) electrons. The Kier molecular flexibility index (Phi) is 4.04. The van der Waals surface area contributed by atoms with E-state index in [2.05, 4.69) is 0 Å². The molecule has 2 rings (SSSR count). The molecule has 1 fully saturated rings. The predicted octanol–water partition coefficient (Wildman–Crippen LogP) is 0.462. The van der Waals surface area contributed by atoms with E-state index in [9.17, 15) is 17.6 Å². The van der Waals surface area contributed by atoms with Crippen LogP contribution in [0.15, 0.2) is 24.3 Å². The van der Waals surface area contributed by atoms with Gasteiger partial charge >= 0.3 is 0 Å². The molecule has 1 heterocycles. The molecule has 104 valence electrons. The Morgan fingerprint density at radius 1 is 1.21 bits per heavy atom. The minimum absolute atomic E-state index is 0.00467. The first kappa shape index (κ1) is 13.8. The summed E-state index contributed by atoms with van der Waals surface area (Å²) in [4.78, 5) is 13.2. The van der Waals surface area contributed by atoms with Crippen LogP contribution in [0.4, 0.5) is 4.39 Å². The van der Waals surface area contributed by atoms with Gasteiger partial charge < -0.3 is 9.64 Å². The van der Waals surface area contributed by atoms with E-state index in [0.29, 0.717) is 5.75 Å². The van der Waals surface area contributed by atoms with E-state index in [-0.39, 0.29) is 42.9 Å². The molecule has 1 amide bonds. The van der Waals surface area contributed by atoms with Crippen molar-refractivity contribution in [3.63, 3.8) is 0 Å². The van der Waals surface area contributed by atoms with Gasteiger partial charge in [0, 0.05) is 13.1 Å². The molecule has 5 nitrogen and oxygen atoms in total. The number of ether oxygens (including phenoxy) is 1. The number of carbonyl (C=O) groups is 1. The maximum Gasteiger partial charge on any atom is 0.260 e. The van der Waals surface area contributed by atoms with Crippen LogP contribution in [0.25, 0.3) is 0 Å². The summed E-state index contributed by atoms with van der Waals surface area (Å²) in [6.45, 7) is 0.230. The fourth-order valence-corrected chi connectivity index (χ4v) is 2.93. The summed E-state index contributed by atoms with van der Waals surface area (Å²) >= 11 is 0. The lowest BCUT2D eigenvalue weighted by atomic mass is 10.3. The highest BCUT2D eigenvalue weighted by atomic mass is 32.2. The lowest BCUT2D eigenvalue weighted by Crippen LogP contribution is -2.45. The number of nitrogens with zero attached hydrogens (tertiary/aromatic N) is 1. The average molecular weight is 287 g/mol. The summed E-state index contributed by atoms with van der Waals surface area (Å²) in [6.07, 6.45) is 0. The van der Waals surface area contributed by atoms with Crippen molar-refractivity contribution in [2.75, 3.05) is 31.2 Å². The largest absolute Gasteiger partial charge is 0.484 e. The van der Waals surface area contributed by atoms with Crippen molar-refractivity contribution in [3.05, 3.63) is 30.1 Å². The summed E-state index contributed by atoms with van der Waals surface area (Å²) < 4.78 is 40.3. The Labute approximate surface area is 110 Å². The van der Waals surface area contributed by atoms with Gasteiger partial charge in [-0.15, -0.1) is 0 Å². The highest BCUT2D eigenvalue weighted by Gasteiger charge is 2.25. The molecule has 1 aliphatic rings. The van der Waals surface area contributed by atoms with E-state index >= 15 is 0 Å². The van der Waals surface area contributed by atoms with Gasteiger partial charge in [-0.2, -0.15) is 0 Å². The number of amides is 1. The standard InChI is InChI=1S/C12H14FNO4S/c13-10-1-3-11(4-2-10)18-9-12(15)14-5-7-19(16,17)8-6-14/h1-4H,5-9H2. The zero-order chi connectivity index (χ0) is 13.9. The van der Waals surface area contributed by atoms with Gasteiger partial charge in [-0.3, -0.25) is 4.79 Å². The first-order chi connectivity index (χ1) is 8.96. The highest BCUT2D eigenvalue weighted by molar-refractivity contribution is 7.91. The second-order valence-electron chi connectivity index (χ2n) is 4.28. The minimum atomic E-state index is -3.00. The summed E-state index contributed by atoms with van der Waals surface area (Å²) in [5.74, 6) is -0.247. The topological polar surface area (TPSA) is 63.7 Å². The van der Waals surface area contributed by atoms with Gasteiger partial charge in [-0.1, -0.05) is 0 Å². The predicted molar refractivity (Wildman–Crippen MR) is 67.1 cm³/mol. The highest BCUT2D eigenvalue weighted by Crippen LogP contribution is 2.11. The van der Waals surface area contributed by atoms with Gasteiger partial charge in [0.1, 0.15) is 11.6 Å². The molecule has 0 aliphatic carbocycles. The van der Waals surface area contributed by atoms with Crippen LogP contribution in [0.5, 0.6) is 5.75 Å². The summed E-state index contributed by atoms with van der Waals surface area (Å²) in [7, 11) is -3.00. The monoisotopic (exact) mass is 287 g/mol. The zero-order valence-electron chi connectivity index (χ0n) is 10.2. The molecular formula is C12H14FNO4S. The molecule has 1 aromatic carbocycles. The first-order valence-electron chi connectivity index (χ1n) is 5.83. The van der Waals surface area contributed by atoms with E-state index in [1.807, 2.05) is 0 Å². The van der Waals surface area contributed by atoms with E-state index in [1.165, 1.54) is 29.2 Å². The Morgan fingerprint density at radius 2 is 1.79 bits per heavy atom. The second kappa shape index (κ2) is 5.56. The maximum atomic E-state index is 12.7. The van der Waals surface area contributed by atoms with Crippen molar-refractivity contribution in [2.45, 2.75) is 0 Å². The molecule has 0 saturated carbocycles. The third kappa shape index (κ3) is 3.92. The van der Waals surface area contributed by atoms with Crippen molar-refractivity contribution >= 4 is 15.7 Å². The number of carbonyl (C=O) groups excluding carboxylic acids is 1. The fourth-order valence-electron chi connectivity index (χ4n) is 1.73. The SMILES string of the molecule is O=C(COc1ccc(F)cc1)N1CCS(=O)(=O)CC1. The summed E-state index contributed by atoms with van der Waals surface area (Å²) in [5, 5.41) is 0. The molecule has 1 saturated heterocycles. The maximum absolute atomic E-state index is 12.7. The average Bonchev–Trinajstić information content (AvgIpc) is 2.37. The zero-order valence-corrected chi connectivity index (χ0v) is 11.0. The molecule has 0 unspecified atom stereocenters. The number of halogens is 1. The van der Waals surface area contributed by atoms with Crippen LogP contribution in [-0.4, -0.2) is 50.4 Å². The van der Waals surface area contributed by atoms with Crippen LogP contribution in [0.2, 0.25) is 0 Å². The van der Waals surface area contributed by atoms with Crippen LogP contribution in [0.3, 0.4) is 0 Å². The minimum Gasteiger partial charge on any atom is -0.484 e. The van der Waals surface area contributed by atoms with Gasteiger partial charge in [-0.05, 0) is 24.3 Å². The van der Waals surface area contributed by atoms with Crippen molar-refractivity contribution in [1.29, 1.82) is 0 Å². The lowest BCUT2D eigenvalue weighted by Gasteiger charge is -2.26. The number of sulfone groups is 1. The van der Waals surface area contributed by atoms with Gasteiger partial charge in [-0.25, -0.2) is 12.8 Å². The van der Waals surface area contributed by atoms with Gasteiger partial charge in [0.2, 0.25) is 0 Å². The van der Waals surface area contributed by atoms with Crippen LogP contribution in [0, 0.1) is 5.82 Å². The molecule has 1 aliphatic heterocycles. The fraction of sp³-hybridized carbons (Fsp3) is 0.417. The van der Waals surface area contributed by atoms with Crippen LogP contribution < -0.4 is 4.74 Å². The first-order valence-corrected chi connectivity index (χ1v) is 7.65. The van der Waals surface area contributed by atoms with Crippen molar-refractivity contribution in [1.82, 2.24) is 4.90 Å². The number of hydrogen-bond donors (Lipinski definition) is 0. The van der Waals surface area contributed by atoms with Crippen molar-refractivity contribution in [2.24, 2.45) is 0 Å². The smallest absolute Gasteiger partial charge is 0.260 e. The number of benzene rings is 1. The van der Waals surface area contributed by atoms with Crippen LogP contribution in [-0.2, 0) is 14.6 Å². The molecule has 0 atom stereocenters. The third-order valence-corrected chi connectivity index (χ3v) is 4.48. The number of hydrogen-bond acceptors (Lipinski definition) is 4. The van der Waals surface area contributed by atoms with E-state index in [0.717, 1.165) is 0 Å². The second-order valence-corrected chi connectivity index (χ2v) is 6.58. The van der Waals surface area contributed by atoms with E-state index in [4.69, 9.17) is 4.74 Å². The molecule has 0 spiro atoms.